The van der Waals surface area contributed by atoms with E-state index in [0.29, 0.717) is 10.7 Å². The van der Waals surface area contributed by atoms with Gasteiger partial charge in [0, 0.05) is 0 Å². The minimum absolute atomic E-state index is 0.613. The molecule has 2 aromatic rings. The van der Waals surface area contributed by atoms with Crippen molar-refractivity contribution < 1.29 is 0 Å². The summed E-state index contributed by atoms with van der Waals surface area (Å²) in [6, 6.07) is 16.0. The zero-order chi connectivity index (χ0) is 11.4. The van der Waals surface area contributed by atoms with E-state index < -0.39 is 0 Å². The Labute approximate surface area is 101 Å². The largest absolute Gasteiger partial charge is 0.397 e. The van der Waals surface area contributed by atoms with E-state index in [0.717, 1.165) is 12.0 Å². The van der Waals surface area contributed by atoms with Crippen LogP contribution in [-0.2, 0) is 6.42 Å². The van der Waals surface area contributed by atoms with Crippen molar-refractivity contribution in [1.29, 1.82) is 0 Å². The summed E-state index contributed by atoms with van der Waals surface area (Å²) < 4.78 is 0. The number of anilines is 1. The Morgan fingerprint density at radius 1 is 1.00 bits per heavy atom. The Bertz CT molecular complexity index is 465. The lowest BCUT2D eigenvalue weighted by Crippen LogP contribution is -1.95. The Hall–Kier alpha value is -1.47. The lowest BCUT2D eigenvalue weighted by molar-refractivity contribution is 1.17. The highest BCUT2D eigenvalue weighted by Gasteiger charge is 2.03. The first-order chi connectivity index (χ1) is 7.77. The molecule has 0 spiro atoms. The van der Waals surface area contributed by atoms with Gasteiger partial charge in [0.15, 0.2) is 0 Å². The fourth-order valence-electron chi connectivity index (χ4n) is 1.57. The molecule has 0 aliphatic heterocycles. The lowest BCUT2D eigenvalue weighted by atomic mass is 10.0. The predicted molar refractivity (Wildman–Crippen MR) is 69.4 cm³/mol. The second kappa shape index (κ2) is 5.04. The van der Waals surface area contributed by atoms with Gasteiger partial charge in [0.1, 0.15) is 0 Å². The molecule has 2 N–H and O–H groups in total. The highest BCUT2D eigenvalue weighted by molar-refractivity contribution is 6.33. The van der Waals surface area contributed by atoms with Gasteiger partial charge >= 0.3 is 0 Å². The van der Waals surface area contributed by atoms with Crippen LogP contribution < -0.4 is 5.73 Å². The number of rotatable bonds is 3. The molecule has 0 aliphatic rings. The minimum atomic E-state index is 0.613. The molecule has 81 valence electrons. The third-order valence-corrected chi connectivity index (χ3v) is 2.82. The number of benzene rings is 2. The van der Waals surface area contributed by atoms with Crippen molar-refractivity contribution in [2.75, 3.05) is 5.73 Å². The highest BCUT2D eigenvalue weighted by Crippen LogP contribution is 2.24. The number of halogens is 1. The quantitative estimate of drug-likeness (QED) is 0.800. The van der Waals surface area contributed by atoms with Crippen LogP contribution in [0.15, 0.2) is 48.5 Å². The molecule has 0 aliphatic carbocycles. The van der Waals surface area contributed by atoms with Gasteiger partial charge in [-0.15, -0.1) is 0 Å². The number of hydrogen-bond donors (Lipinski definition) is 1. The average Bonchev–Trinajstić information content (AvgIpc) is 2.32. The van der Waals surface area contributed by atoms with Crippen LogP contribution >= 0.6 is 11.6 Å². The molecule has 0 fully saturated rings. The summed E-state index contributed by atoms with van der Waals surface area (Å²) in [6.07, 6.45) is 2.96. The SMILES string of the molecule is Nc1c(Cl)cccc1[CH]Cc1ccccc1. The molecule has 0 bridgehead atoms. The van der Waals surface area contributed by atoms with Gasteiger partial charge in [0.25, 0.3) is 0 Å². The summed E-state index contributed by atoms with van der Waals surface area (Å²) in [5.41, 5.74) is 8.80. The monoisotopic (exact) mass is 230 g/mol. The van der Waals surface area contributed by atoms with E-state index in [-0.39, 0.29) is 0 Å². The van der Waals surface area contributed by atoms with Crippen molar-refractivity contribution in [1.82, 2.24) is 0 Å². The fraction of sp³-hybridized carbons (Fsp3) is 0.0714. The zero-order valence-electron chi connectivity index (χ0n) is 8.86. The first kappa shape index (κ1) is 11.0. The van der Waals surface area contributed by atoms with Gasteiger partial charge in [0.05, 0.1) is 10.7 Å². The van der Waals surface area contributed by atoms with E-state index in [1.807, 2.05) is 30.3 Å². The Kier molecular flexibility index (Phi) is 3.47. The third kappa shape index (κ3) is 2.56. The summed E-state index contributed by atoms with van der Waals surface area (Å²) in [6.45, 7) is 0. The average molecular weight is 231 g/mol. The summed E-state index contributed by atoms with van der Waals surface area (Å²) in [4.78, 5) is 0. The Balaban J connectivity index is 2.08. The molecule has 0 atom stereocenters. The van der Waals surface area contributed by atoms with Crippen molar-refractivity contribution in [2.45, 2.75) is 6.42 Å². The summed E-state index contributed by atoms with van der Waals surface area (Å²) in [5, 5.41) is 0.613. The second-order valence-electron chi connectivity index (χ2n) is 3.64. The Morgan fingerprint density at radius 2 is 1.75 bits per heavy atom. The fourth-order valence-corrected chi connectivity index (χ4v) is 1.76. The third-order valence-electron chi connectivity index (χ3n) is 2.49. The molecule has 1 radical (unpaired) electrons. The van der Waals surface area contributed by atoms with Crippen LogP contribution in [0.25, 0.3) is 0 Å². The maximum atomic E-state index is 5.95. The second-order valence-corrected chi connectivity index (χ2v) is 4.04. The first-order valence-corrected chi connectivity index (χ1v) is 5.56. The standard InChI is InChI=1S/C14H13ClN/c15-13-8-4-7-12(14(13)16)10-9-11-5-2-1-3-6-11/h1-8,10H,9,16H2. The van der Waals surface area contributed by atoms with Crippen LogP contribution in [-0.4, -0.2) is 0 Å². The molecule has 16 heavy (non-hydrogen) atoms. The molecule has 1 nitrogen and oxygen atoms in total. The maximum absolute atomic E-state index is 5.95. The van der Waals surface area contributed by atoms with Crippen molar-refractivity contribution in [2.24, 2.45) is 0 Å². The van der Waals surface area contributed by atoms with Crippen molar-refractivity contribution >= 4 is 17.3 Å². The van der Waals surface area contributed by atoms with E-state index >= 15 is 0 Å². The molecule has 0 saturated heterocycles. The predicted octanol–water partition coefficient (Wildman–Crippen LogP) is 3.72. The van der Waals surface area contributed by atoms with E-state index in [2.05, 4.69) is 18.6 Å². The molecular weight excluding hydrogens is 218 g/mol. The number of nitrogen functional groups attached to an aromatic ring is 1. The van der Waals surface area contributed by atoms with E-state index in [4.69, 9.17) is 17.3 Å². The topological polar surface area (TPSA) is 26.0 Å². The summed E-state index contributed by atoms with van der Waals surface area (Å²) >= 11 is 5.95. The number of para-hydroxylation sites is 1. The minimum Gasteiger partial charge on any atom is -0.397 e. The molecular formula is C14H13ClN. The van der Waals surface area contributed by atoms with Crippen molar-refractivity contribution in [3.05, 3.63) is 71.1 Å². The van der Waals surface area contributed by atoms with Gasteiger partial charge in [0.2, 0.25) is 0 Å². The van der Waals surface area contributed by atoms with Crippen LogP contribution in [0.2, 0.25) is 5.02 Å². The van der Waals surface area contributed by atoms with Gasteiger partial charge in [-0.25, -0.2) is 0 Å². The normalized spacial score (nSPS) is 10.3. The smallest absolute Gasteiger partial charge is 0.0638 e. The maximum Gasteiger partial charge on any atom is 0.0638 e. The van der Waals surface area contributed by atoms with E-state index in [1.54, 1.807) is 6.07 Å². The summed E-state index contributed by atoms with van der Waals surface area (Å²) in [5.74, 6) is 0. The first-order valence-electron chi connectivity index (χ1n) is 5.18. The van der Waals surface area contributed by atoms with Crippen LogP contribution in [0.3, 0.4) is 0 Å². The molecule has 0 unspecified atom stereocenters. The zero-order valence-corrected chi connectivity index (χ0v) is 9.61. The Morgan fingerprint density at radius 3 is 2.50 bits per heavy atom. The van der Waals surface area contributed by atoms with E-state index in [9.17, 15) is 0 Å². The lowest BCUT2D eigenvalue weighted by Gasteiger charge is -2.06. The van der Waals surface area contributed by atoms with Gasteiger partial charge < -0.3 is 5.73 Å². The molecule has 2 rings (SSSR count). The molecule has 0 aromatic heterocycles. The molecule has 0 heterocycles. The van der Waals surface area contributed by atoms with Gasteiger partial charge in [-0.3, -0.25) is 0 Å². The molecule has 2 heteroatoms. The highest BCUT2D eigenvalue weighted by atomic mass is 35.5. The van der Waals surface area contributed by atoms with E-state index in [1.165, 1.54) is 5.56 Å². The summed E-state index contributed by atoms with van der Waals surface area (Å²) in [7, 11) is 0. The van der Waals surface area contributed by atoms with Crippen LogP contribution in [0.5, 0.6) is 0 Å². The van der Waals surface area contributed by atoms with Crippen molar-refractivity contribution in [3.63, 3.8) is 0 Å². The molecule has 0 amide bonds. The van der Waals surface area contributed by atoms with Crippen LogP contribution in [0, 0.1) is 6.42 Å². The van der Waals surface area contributed by atoms with Gasteiger partial charge in [-0.1, -0.05) is 54.1 Å². The van der Waals surface area contributed by atoms with Crippen LogP contribution in [0.1, 0.15) is 11.1 Å². The number of hydrogen-bond acceptors (Lipinski definition) is 1. The van der Waals surface area contributed by atoms with Crippen molar-refractivity contribution in [3.8, 4) is 0 Å². The number of nitrogens with two attached hydrogens (primary N) is 1. The van der Waals surface area contributed by atoms with Gasteiger partial charge in [-0.2, -0.15) is 0 Å². The van der Waals surface area contributed by atoms with Gasteiger partial charge in [-0.05, 0) is 30.0 Å². The molecule has 2 aromatic carbocycles. The van der Waals surface area contributed by atoms with Crippen LogP contribution in [0.4, 0.5) is 5.69 Å². The molecule has 0 saturated carbocycles.